The monoisotopic (exact) mass is 525 g/mol. The molecule has 3 aromatic rings. The summed E-state index contributed by atoms with van der Waals surface area (Å²) in [5.41, 5.74) is 3.42. The van der Waals surface area contributed by atoms with Crippen LogP contribution in [0.5, 0.6) is 11.5 Å². The first kappa shape index (κ1) is 25.6. The molecule has 2 saturated heterocycles. The third-order valence-electron chi connectivity index (χ3n) is 7.89. The maximum absolute atomic E-state index is 13.4. The SMILES string of the molecule is COc1ccc(S(=O)(=O)N2CCC(c3c(C)n(CC(=O)N4CCCC4)c4ccccc34)CC2)cc1OC. The molecule has 0 spiro atoms. The summed E-state index contributed by atoms with van der Waals surface area (Å²) in [4.78, 5) is 15.2. The first-order valence-corrected chi connectivity index (χ1v) is 14.4. The molecule has 8 nitrogen and oxygen atoms in total. The van der Waals surface area contributed by atoms with E-state index in [1.807, 2.05) is 17.0 Å². The molecule has 3 heterocycles. The minimum atomic E-state index is -3.66. The van der Waals surface area contributed by atoms with E-state index in [4.69, 9.17) is 9.47 Å². The minimum absolute atomic E-state index is 0.170. The van der Waals surface area contributed by atoms with Gasteiger partial charge in [-0.05, 0) is 62.3 Å². The van der Waals surface area contributed by atoms with Gasteiger partial charge in [0.05, 0.1) is 19.1 Å². The molecule has 2 aliphatic heterocycles. The Kier molecular flexibility index (Phi) is 7.18. The van der Waals surface area contributed by atoms with Crippen molar-refractivity contribution in [2.75, 3.05) is 40.4 Å². The number of amides is 1. The van der Waals surface area contributed by atoms with Gasteiger partial charge in [0.25, 0.3) is 0 Å². The fourth-order valence-electron chi connectivity index (χ4n) is 5.89. The molecule has 2 fully saturated rings. The fraction of sp³-hybridized carbons (Fsp3) is 0.464. The van der Waals surface area contributed by atoms with Crippen molar-refractivity contribution in [1.29, 1.82) is 0 Å². The average Bonchev–Trinajstić information content (AvgIpc) is 3.55. The van der Waals surface area contributed by atoms with Crippen LogP contribution in [-0.2, 0) is 21.4 Å². The van der Waals surface area contributed by atoms with Gasteiger partial charge in [-0.15, -0.1) is 0 Å². The number of likely N-dealkylation sites (tertiary alicyclic amines) is 1. The van der Waals surface area contributed by atoms with Gasteiger partial charge in [0.15, 0.2) is 11.5 Å². The third kappa shape index (κ3) is 4.70. The molecule has 0 bridgehead atoms. The van der Waals surface area contributed by atoms with Crippen molar-refractivity contribution in [1.82, 2.24) is 13.8 Å². The van der Waals surface area contributed by atoms with E-state index in [9.17, 15) is 13.2 Å². The average molecular weight is 526 g/mol. The predicted molar refractivity (Wildman–Crippen MR) is 143 cm³/mol. The second-order valence-electron chi connectivity index (χ2n) is 9.89. The van der Waals surface area contributed by atoms with E-state index in [1.54, 1.807) is 16.4 Å². The normalized spacial score (nSPS) is 17.4. The highest BCUT2D eigenvalue weighted by molar-refractivity contribution is 7.89. The van der Waals surface area contributed by atoms with Gasteiger partial charge in [-0.2, -0.15) is 4.31 Å². The van der Waals surface area contributed by atoms with E-state index >= 15 is 0 Å². The molecule has 0 saturated carbocycles. The van der Waals surface area contributed by atoms with Crippen LogP contribution >= 0.6 is 0 Å². The van der Waals surface area contributed by atoms with Crippen molar-refractivity contribution in [2.45, 2.75) is 50.0 Å². The van der Waals surface area contributed by atoms with Crippen LogP contribution in [0.25, 0.3) is 10.9 Å². The molecule has 0 N–H and O–H groups in total. The fourth-order valence-corrected chi connectivity index (χ4v) is 7.38. The first-order chi connectivity index (χ1) is 17.8. The van der Waals surface area contributed by atoms with Crippen molar-refractivity contribution in [3.05, 3.63) is 53.7 Å². The van der Waals surface area contributed by atoms with Gasteiger partial charge in [0, 0.05) is 48.8 Å². The van der Waals surface area contributed by atoms with Crippen LogP contribution < -0.4 is 9.47 Å². The van der Waals surface area contributed by atoms with Gasteiger partial charge in [-0.25, -0.2) is 8.42 Å². The molecular weight excluding hydrogens is 490 g/mol. The number of aromatic nitrogens is 1. The molecule has 2 aliphatic rings. The number of carbonyl (C=O) groups excluding carboxylic acids is 1. The molecule has 0 unspecified atom stereocenters. The van der Waals surface area contributed by atoms with Crippen molar-refractivity contribution in [3.63, 3.8) is 0 Å². The number of carbonyl (C=O) groups is 1. The number of benzene rings is 2. The van der Waals surface area contributed by atoms with Crippen molar-refractivity contribution in [3.8, 4) is 11.5 Å². The van der Waals surface area contributed by atoms with Crippen LogP contribution in [0.1, 0.15) is 42.9 Å². The molecule has 0 aliphatic carbocycles. The lowest BCUT2D eigenvalue weighted by molar-refractivity contribution is -0.130. The highest BCUT2D eigenvalue weighted by atomic mass is 32.2. The summed E-state index contributed by atoms with van der Waals surface area (Å²) in [5, 5.41) is 1.16. The van der Waals surface area contributed by atoms with Crippen LogP contribution in [-0.4, -0.2) is 68.5 Å². The standard InChI is InChI=1S/C28H35N3O5S/c1-20-28(23-8-4-5-9-24(23)31(20)19-27(32)29-14-6-7-15-29)21-12-16-30(17-13-21)37(33,34)22-10-11-25(35-2)26(18-22)36-3/h4-5,8-11,18,21H,6-7,12-17,19H2,1-3H3. The van der Waals surface area contributed by atoms with Crippen LogP contribution in [0.4, 0.5) is 0 Å². The summed E-state index contributed by atoms with van der Waals surface area (Å²) in [5.74, 6) is 1.29. The van der Waals surface area contributed by atoms with Crippen LogP contribution in [0.3, 0.4) is 0 Å². The molecule has 9 heteroatoms. The Labute approximate surface area is 218 Å². The number of fused-ring (bicyclic) bond motifs is 1. The number of nitrogens with zero attached hydrogens (tertiary/aromatic N) is 3. The Morgan fingerprint density at radius 3 is 2.30 bits per heavy atom. The van der Waals surface area contributed by atoms with Gasteiger partial charge < -0.3 is 18.9 Å². The molecular formula is C28H35N3O5S. The third-order valence-corrected chi connectivity index (χ3v) is 9.78. The summed E-state index contributed by atoms with van der Waals surface area (Å²) >= 11 is 0. The largest absolute Gasteiger partial charge is 0.493 e. The number of methoxy groups -OCH3 is 2. The minimum Gasteiger partial charge on any atom is -0.493 e. The summed E-state index contributed by atoms with van der Waals surface area (Å²) in [7, 11) is -0.632. The number of ether oxygens (including phenoxy) is 2. The summed E-state index contributed by atoms with van der Waals surface area (Å²) < 4.78 is 41.1. The second kappa shape index (κ2) is 10.4. The lowest BCUT2D eigenvalue weighted by Gasteiger charge is -2.32. The van der Waals surface area contributed by atoms with Crippen molar-refractivity contribution >= 4 is 26.8 Å². The van der Waals surface area contributed by atoms with Gasteiger partial charge in [0.1, 0.15) is 6.54 Å². The second-order valence-corrected chi connectivity index (χ2v) is 11.8. The van der Waals surface area contributed by atoms with Crippen LogP contribution in [0.2, 0.25) is 0 Å². The first-order valence-electron chi connectivity index (χ1n) is 12.9. The number of para-hydroxylation sites is 1. The smallest absolute Gasteiger partial charge is 0.243 e. The summed E-state index contributed by atoms with van der Waals surface area (Å²) in [6, 6.07) is 13.0. The van der Waals surface area contributed by atoms with E-state index in [2.05, 4.69) is 23.6 Å². The zero-order chi connectivity index (χ0) is 26.2. The summed E-state index contributed by atoms with van der Waals surface area (Å²) in [6.45, 7) is 5.01. The van der Waals surface area contributed by atoms with Gasteiger partial charge in [-0.3, -0.25) is 4.79 Å². The lowest BCUT2D eigenvalue weighted by atomic mass is 9.88. The van der Waals surface area contributed by atoms with Crippen molar-refractivity contribution < 1.29 is 22.7 Å². The van der Waals surface area contributed by atoms with E-state index in [0.29, 0.717) is 31.1 Å². The van der Waals surface area contributed by atoms with Gasteiger partial charge in [0.2, 0.25) is 15.9 Å². The number of hydrogen-bond donors (Lipinski definition) is 0. The van der Waals surface area contributed by atoms with Gasteiger partial charge >= 0.3 is 0 Å². The van der Waals surface area contributed by atoms with E-state index in [-0.39, 0.29) is 16.7 Å². The maximum Gasteiger partial charge on any atom is 0.243 e. The summed E-state index contributed by atoms with van der Waals surface area (Å²) in [6.07, 6.45) is 3.60. The molecule has 0 atom stereocenters. The molecule has 5 rings (SSSR count). The number of hydrogen-bond acceptors (Lipinski definition) is 5. The van der Waals surface area contributed by atoms with Crippen LogP contribution in [0, 0.1) is 6.92 Å². The zero-order valence-electron chi connectivity index (χ0n) is 21.8. The Morgan fingerprint density at radius 1 is 0.946 bits per heavy atom. The maximum atomic E-state index is 13.4. The van der Waals surface area contributed by atoms with Crippen molar-refractivity contribution in [2.24, 2.45) is 0 Å². The number of rotatable bonds is 7. The molecule has 198 valence electrons. The molecule has 1 aromatic heterocycles. The van der Waals surface area contributed by atoms with E-state index in [1.165, 1.54) is 25.8 Å². The molecule has 2 aromatic carbocycles. The Morgan fingerprint density at radius 2 is 1.62 bits per heavy atom. The Hall–Kier alpha value is -3.04. The van der Waals surface area contributed by atoms with E-state index in [0.717, 1.165) is 55.4 Å². The Balaban J connectivity index is 1.37. The number of piperidine rings is 1. The topological polar surface area (TPSA) is 81.1 Å². The number of sulfonamides is 1. The highest BCUT2D eigenvalue weighted by Gasteiger charge is 2.33. The predicted octanol–water partition coefficient (Wildman–Crippen LogP) is 4.16. The quantitative estimate of drug-likeness (QED) is 0.463. The molecule has 1 amide bonds. The molecule has 0 radical (unpaired) electrons. The molecule has 37 heavy (non-hydrogen) atoms. The van der Waals surface area contributed by atoms with Gasteiger partial charge in [-0.1, -0.05) is 18.2 Å². The zero-order valence-corrected chi connectivity index (χ0v) is 22.6. The Bertz CT molecular complexity index is 1400. The lowest BCUT2D eigenvalue weighted by Crippen LogP contribution is -2.38. The van der Waals surface area contributed by atoms with Crippen LogP contribution in [0.15, 0.2) is 47.4 Å². The highest BCUT2D eigenvalue weighted by Crippen LogP contribution is 2.39. The van der Waals surface area contributed by atoms with E-state index < -0.39 is 10.0 Å².